The highest BCUT2D eigenvalue weighted by Gasteiger charge is 2.07. The van der Waals surface area contributed by atoms with Gasteiger partial charge >= 0.3 is 5.97 Å². The van der Waals surface area contributed by atoms with E-state index < -0.39 is 5.97 Å². The number of anilines is 1. The molecule has 0 fully saturated rings. The van der Waals surface area contributed by atoms with Gasteiger partial charge in [-0.3, -0.25) is 0 Å². The normalized spacial score (nSPS) is 10.3. The number of rotatable bonds is 4. The fraction of sp³-hybridized carbons (Fsp3) is 0.167. The molecule has 0 unspecified atom stereocenters. The van der Waals surface area contributed by atoms with Crippen molar-refractivity contribution in [3.05, 3.63) is 44.3 Å². The summed E-state index contributed by atoms with van der Waals surface area (Å²) in [6.45, 7) is 2.65. The van der Waals surface area contributed by atoms with Gasteiger partial charge in [-0.1, -0.05) is 0 Å². The van der Waals surface area contributed by atoms with Crippen LogP contribution in [-0.4, -0.2) is 16.1 Å². The molecule has 0 radical (unpaired) electrons. The zero-order valence-electron chi connectivity index (χ0n) is 9.61. The van der Waals surface area contributed by atoms with E-state index in [0.29, 0.717) is 6.54 Å². The maximum absolute atomic E-state index is 10.8. The number of hydrogen-bond acceptors (Lipinski definition) is 4. The Balaban J connectivity index is 2.11. The van der Waals surface area contributed by atoms with E-state index in [-0.39, 0.29) is 5.56 Å². The van der Waals surface area contributed by atoms with Crippen molar-refractivity contribution in [2.45, 2.75) is 13.5 Å². The molecule has 0 saturated heterocycles. The van der Waals surface area contributed by atoms with Crippen LogP contribution in [0.1, 0.15) is 20.9 Å². The minimum atomic E-state index is -0.930. The molecule has 1 heterocycles. The topological polar surface area (TPSA) is 62.2 Å². The Morgan fingerprint density at radius 3 is 2.89 bits per heavy atom. The van der Waals surface area contributed by atoms with Gasteiger partial charge in [0.2, 0.25) is 0 Å². The molecule has 2 N–H and O–H groups in total. The number of thiazole rings is 1. The standard InChI is InChI=1S/C12H11BrN2O2S/c1-7-11(18-6-15-7)5-14-10-3-2-8(12(16)17)4-9(10)13/h2-4,6,14H,5H2,1H3,(H,16,17). The first-order chi connectivity index (χ1) is 8.58. The lowest BCUT2D eigenvalue weighted by molar-refractivity contribution is 0.0697. The van der Waals surface area contributed by atoms with E-state index in [9.17, 15) is 4.79 Å². The fourth-order valence-electron chi connectivity index (χ4n) is 1.46. The molecule has 0 aliphatic rings. The molecule has 4 nitrogen and oxygen atoms in total. The van der Waals surface area contributed by atoms with Crippen LogP contribution in [-0.2, 0) is 6.54 Å². The third kappa shape index (κ3) is 2.88. The van der Waals surface area contributed by atoms with Crippen LogP contribution in [0.4, 0.5) is 5.69 Å². The Morgan fingerprint density at radius 1 is 1.56 bits per heavy atom. The zero-order valence-corrected chi connectivity index (χ0v) is 12.0. The summed E-state index contributed by atoms with van der Waals surface area (Å²) in [7, 11) is 0. The molecule has 1 aromatic heterocycles. The van der Waals surface area contributed by atoms with E-state index in [1.165, 1.54) is 4.88 Å². The lowest BCUT2D eigenvalue weighted by Crippen LogP contribution is -2.02. The zero-order chi connectivity index (χ0) is 13.1. The van der Waals surface area contributed by atoms with E-state index in [1.807, 2.05) is 12.4 Å². The first-order valence-electron chi connectivity index (χ1n) is 5.23. The summed E-state index contributed by atoms with van der Waals surface area (Å²) in [4.78, 5) is 16.2. The summed E-state index contributed by atoms with van der Waals surface area (Å²) < 4.78 is 0.740. The van der Waals surface area contributed by atoms with Gasteiger partial charge in [-0.05, 0) is 41.1 Å². The molecular weight excluding hydrogens is 316 g/mol. The van der Waals surface area contributed by atoms with Gasteiger partial charge in [-0.15, -0.1) is 11.3 Å². The predicted molar refractivity (Wildman–Crippen MR) is 75.3 cm³/mol. The van der Waals surface area contributed by atoms with Gasteiger partial charge in [0.25, 0.3) is 0 Å². The van der Waals surface area contributed by atoms with Gasteiger partial charge in [-0.25, -0.2) is 9.78 Å². The van der Waals surface area contributed by atoms with Crippen molar-refractivity contribution in [1.82, 2.24) is 4.98 Å². The van der Waals surface area contributed by atoms with Crippen LogP contribution in [0.2, 0.25) is 0 Å². The van der Waals surface area contributed by atoms with E-state index in [4.69, 9.17) is 5.11 Å². The molecule has 0 atom stereocenters. The number of benzene rings is 1. The predicted octanol–water partition coefficient (Wildman–Crippen LogP) is 3.52. The summed E-state index contributed by atoms with van der Waals surface area (Å²) in [6.07, 6.45) is 0. The van der Waals surface area contributed by atoms with Gasteiger partial charge in [0.1, 0.15) is 0 Å². The van der Waals surface area contributed by atoms with Crippen LogP contribution in [0.15, 0.2) is 28.2 Å². The maximum atomic E-state index is 10.8. The van der Waals surface area contributed by atoms with E-state index >= 15 is 0 Å². The van der Waals surface area contributed by atoms with Crippen molar-refractivity contribution >= 4 is 38.9 Å². The Bertz CT molecular complexity index is 583. The fourth-order valence-corrected chi connectivity index (χ4v) is 2.70. The number of halogens is 1. The molecule has 0 aliphatic carbocycles. The van der Waals surface area contributed by atoms with Crippen LogP contribution in [0.5, 0.6) is 0 Å². The highest BCUT2D eigenvalue weighted by molar-refractivity contribution is 9.10. The van der Waals surface area contributed by atoms with E-state index in [2.05, 4.69) is 26.2 Å². The van der Waals surface area contributed by atoms with E-state index in [1.54, 1.807) is 29.5 Å². The van der Waals surface area contributed by atoms with Crippen LogP contribution >= 0.6 is 27.3 Å². The van der Waals surface area contributed by atoms with Crippen molar-refractivity contribution in [3.63, 3.8) is 0 Å². The Labute approximate surface area is 117 Å². The third-order valence-corrected chi connectivity index (χ3v) is 4.09. The number of aromatic carboxylic acids is 1. The summed E-state index contributed by atoms with van der Waals surface area (Å²) in [6, 6.07) is 4.92. The van der Waals surface area contributed by atoms with Gasteiger partial charge in [0.15, 0.2) is 0 Å². The molecule has 2 rings (SSSR count). The molecular formula is C12H11BrN2O2S. The monoisotopic (exact) mass is 326 g/mol. The minimum absolute atomic E-state index is 0.265. The molecule has 1 aromatic carbocycles. The second-order valence-electron chi connectivity index (χ2n) is 3.71. The lowest BCUT2D eigenvalue weighted by atomic mass is 10.2. The number of nitrogens with zero attached hydrogens (tertiary/aromatic N) is 1. The smallest absolute Gasteiger partial charge is 0.335 e. The summed E-state index contributed by atoms with van der Waals surface area (Å²) in [5, 5.41) is 12.1. The molecule has 6 heteroatoms. The molecule has 2 aromatic rings. The van der Waals surface area contributed by atoms with E-state index in [0.717, 1.165) is 15.9 Å². The number of aromatic nitrogens is 1. The van der Waals surface area contributed by atoms with Crippen LogP contribution in [0, 0.1) is 6.92 Å². The lowest BCUT2D eigenvalue weighted by Gasteiger charge is -2.08. The van der Waals surface area contributed by atoms with Crippen LogP contribution in [0.25, 0.3) is 0 Å². The van der Waals surface area contributed by atoms with Crippen LogP contribution in [0.3, 0.4) is 0 Å². The Hall–Kier alpha value is -1.40. The van der Waals surface area contributed by atoms with Gasteiger partial charge in [0, 0.05) is 15.0 Å². The largest absolute Gasteiger partial charge is 0.478 e. The number of carboxylic acid groups (broad SMARTS) is 1. The van der Waals surface area contributed by atoms with Crippen molar-refractivity contribution in [2.75, 3.05) is 5.32 Å². The average Bonchev–Trinajstić information content (AvgIpc) is 2.73. The first-order valence-corrected chi connectivity index (χ1v) is 6.91. The molecule has 94 valence electrons. The molecule has 0 aliphatic heterocycles. The summed E-state index contributed by atoms with van der Waals surface area (Å²) >= 11 is 4.96. The highest BCUT2D eigenvalue weighted by Crippen LogP contribution is 2.25. The maximum Gasteiger partial charge on any atom is 0.335 e. The number of carboxylic acids is 1. The van der Waals surface area contributed by atoms with Crippen molar-refractivity contribution in [2.24, 2.45) is 0 Å². The number of hydrogen-bond donors (Lipinski definition) is 2. The Kier molecular flexibility index (Phi) is 3.98. The second-order valence-corrected chi connectivity index (χ2v) is 5.51. The quantitative estimate of drug-likeness (QED) is 0.902. The molecule has 0 amide bonds. The third-order valence-electron chi connectivity index (χ3n) is 2.50. The van der Waals surface area contributed by atoms with Crippen molar-refractivity contribution in [1.29, 1.82) is 0 Å². The van der Waals surface area contributed by atoms with Gasteiger partial charge in [0.05, 0.1) is 23.3 Å². The number of carbonyl (C=O) groups is 1. The summed E-state index contributed by atoms with van der Waals surface area (Å²) in [5.41, 5.74) is 3.97. The molecule has 0 bridgehead atoms. The van der Waals surface area contributed by atoms with Gasteiger partial charge < -0.3 is 10.4 Å². The number of aryl methyl sites for hydroxylation is 1. The summed E-state index contributed by atoms with van der Waals surface area (Å²) in [5.74, 6) is -0.930. The average molecular weight is 327 g/mol. The minimum Gasteiger partial charge on any atom is -0.478 e. The highest BCUT2D eigenvalue weighted by atomic mass is 79.9. The first kappa shape index (κ1) is 13.0. The molecule has 0 spiro atoms. The molecule has 0 saturated carbocycles. The van der Waals surface area contributed by atoms with Crippen molar-refractivity contribution < 1.29 is 9.90 Å². The molecule has 18 heavy (non-hydrogen) atoms. The van der Waals surface area contributed by atoms with Gasteiger partial charge in [-0.2, -0.15) is 0 Å². The number of nitrogens with one attached hydrogen (secondary N) is 1. The Morgan fingerprint density at radius 2 is 2.33 bits per heavy atom. The van der Waals surface area contributed by atoms with Crippen LogP contribution < -0.4 is 5.32 Å². The second kappa shape index (κ2) is 5.49. The SMILES string of the molecule is Cc1ncsc1CNc1ccc(C(=O)O)cc1Br. The van der Waals surface area contributed by atoms with Crippen molar-refractivity contribution in [3.8, 4) is 0 Å².